The standard InChI is InChI=1S/C25H17BrFN3O5/c26-16-5-11-19(12-6-16)30-24(33)20(23(32)29-25(30)34)13-15-3-1-2-4-21(15)35-14-22(31)28-18-9-7-17(27)8-10-18/h1-13H,14H2,(H,28,31)(H,29,32,34)/b20-13+. The van der Waals surface area contributed by atoms with Crippen LogP contribution in [0.15, 0.2) is 82.8 Å². The van der Waals surface area contributed by atoms with E-state index in [1.807, 2.05) is 0 Å². The fraction of sp³-hybridized carbons (Fsp3) is 0.0400. The van der Waals surface area contributed by atoms with Crippen molar-refractivity contribution in [3.8, 4) is 5.75 Å². The summed E-state index contributed by atoms with van der Waals surface area (Å²) in [6.45, 7) is -0.374. The molecule has 1 aliphatic rings. The van der Waals surface area contributed by atoms with Gasteiger partial charge in [-0.1, -0.05) is 34.1 Å². The number of carbonyl (C=O) groups excluding carboxylic acids is 4. The first-order valence-corrected chi connectivity index (χ1v) is 11.1. The number of ether oxygens (including phenoxy) is 1. The fourth-order valence-electron chi connectivity index (χ4n) is 3.24. The molecule has 1 saturated heterocycles. The van der Waals surface area contributed by atoms with Crippen molar-refractivity contribution in [1.29, 1.82) is 0 Å². The molecule has 0 unspecified atom stereocenters. The fourth-order valence-corrected chi connectivity index (χ4v) is 3.51. The van der Waals surface area contributed by atoms with E-state index in [-0.39, 0.29) is 23.6 Å². The van der Waals surface area contributed by atoms with Crippen LogP contribution in [-0.4, -0.2) is 30.4 Å². The Morgan fingerprint density at radius 3 is 2.40 bits per heavy atom. The number of imide groups is 2. The molecule has 2 N–H and O–H groups in total. The first kappa shape index (κ1) is 23.8. The van der Waals surface area contributed by atoms with E-state index in [1.54, 1.807) is 48.5 Å². The lowest BCUT2D eigenvalue weighted by molar-refractivity contribution is -0.122. The summed E-state index contributed by atoms with van der Waals surface area (Å²) in [5.41, 5.74) is 0.763. The Morgan fingerprint density at radius 2 is 1.69 bits per heavy atom. The molecular weight excluding hydrogens is 521 g/mol. The summed E-state index contributed by atoms with van der Waals surface area (Å²) in [4.78, 5) is 51.0. The highest BCUT2D eigenvalue weighted by Crippen LogP contribution is 2.26. The molecule has 3 aromatic carbocycles. The number of carbonyl (C=O) groups is 4. The lowest BCUT2D eigenvalue weighted by Crippen LogP contribution is -2.54. The van der Waals surface area contributed by atoms with Crippen LogP contribution in [0.5, 0.6) is 5.75 Å². The number of hydrogen-bond acceptors (Lipinski definition) is 5. The van der Waals surface area contributed by atoms with Gasteiger partial charge in [0, 0.05) is 15.7 Å². The predicted molar refractivity (Wildman–Crippen MR) is 130 cm³/mol. The van der Waals surface area contributed by atoms with Gasteiger partial charge in [0.1, 0.15) is 17.1 Å². The summed E-state index contributed by atoms with van der Waals surface area (Å²) < 4.78 is 19.4. The third-order valence-electron chi connectivity index (χ3n) is 4.89. The molecule has 3 aromatic rings. The molecule has 4 rings (SSSR count). The molecule has 5 amide bonds. The van der Waals surface area contributed by atoms with E-state index < -0.39 is 29.6 Å². The molecule has 0 radical (unpaired) electrons. The van der Waals surface area contributed by atoms with Crippen molar-refractivity contribution >= 4 is 57.1 Å². The number of nitrogens with zero attached hydrogens (tertiary/aromatic N) is 1. The average Bonchev–Trinajstić information content (AvgIpc) is 2.83. The van der Waals surface area contributed by atoms with Crippen LogP contribution in [0.2, 0.25) is 0 Å². The lowest BCUT2D eigenvalue weighted by Gasteiger charge is -2.26. The van der Waals surface area contributed by atoms with Crippen LogP contribution >= 0.6 is 15.9 Å². The van der Waals surface area contributed by atoms with Crippen LogP contribution in [0.3, 0.4) is 0 Å². The number of halogens is 2. The number of rotatable bonds is 6. The van der Waals surface area contributed by atoms with E-state index >= 15 is 0 Å². The minimum atomic E-state index is -0.860. The van der Waals surface area contributed by atoms with Crippen LogP contribution in [-0.2, 0) is 14.4 Å². The number of amides is 5. The molecule has 0 saturated carbocycles. The Labute approximate surface area is 207 Å². The largest absolute Gasteiger partial charge is 0.483 e. The number of hydrogen-bond donors (Lipinski definition) is 2. The van der Waals surface area contributed by atoms with Gasteiger partial charge in [0.25, 0.3) is 17.7 Å². The Kier molecular flexibility index (Phi) is 7.02. The van der Waals surface area contributed by atoms with Crippen molar-refractivity contribution in [2.75, 3.05) is 16.8 Å². The Balaban J connectivity index is 1.53. The van der Waals surface area contributed by atoms with E-state index in [4.69, 9.17) is 4.74 Å². The Bertz CT molecular complexity index is 1340. The molecule has 35 heavy (non-hydrogen) atoms. The minimum absolute atomic E-state index is 0.238. The van der Waals surface area contributed by atoms with Crippen LogP contribution in [0, 0.1) is 5.82 Å². The maximum atomic E-state index is 13.1. The number of anilines is 2. The van der Waals surface area contributed by atoms with Crippen molar-refractivity contribution < 1.29 is 28.3 Å². The molecular formula is C25H17BrFN3O5. The predicted octanol–water partition coefficient (Wildman–Crippen LogP) is 4.27. The maximum Gasteiger partial charge on any atom is 0.335 e. The second-order valence-corrected chi connectivity index (χ2v) is 8.23. The summed E-state index contributed by atoms with van der Waals surface area (Å²) in [5, 5.41) is 4.74. The molecule has 1 heterocycles. The quantitative estimate of drug-likeness (QED) is 0.361. The summed E-state index contributed by atoms with van der Waals surface area (Å²) >= 11 is 3.29. The molecule has 0 bridgehead atoms. The van der Waals surface area contributed by atoms with Gasteiger partial charge in [-0.3, -0.25) is 19.7 Å². The van der Waals surface area contributed by atoms with Gasteiger partial charge in [0.2, 0.25) is 0 Å². The Morgan fingerprint density at radius 1 is 1.00 bits per heavy atom. The van der Waals surface area contributed by atoms with E-state index in [1.165, 1.54) is 30.3 Å². The molecule has 176 valence electrons. The number of para-hydroxylation sites is 1. The van der Waals surface area contributed by atoms with Gasteiger partial charge < -0.3 is 10.1 Å². The molecule has 0 spiro atoms. The number of urea groups is 1. The topological polar surface area (TPSA) is 105 Å². The SMILES string of the molecule is O=C(COc1ccccc1/C=C1\C(=O)NC(=O)N(c2ccc(Br)cc2)C1=O)Nc1ccc(F)cc1. The van der Waals surface area contributed by atoms with Gasteiger partial charge in [-0.15, -0.1) is 0 Å². The number of barbiturate groups is 1. The molecule has 8 nitrogen and oxygen atoms in total. The zero-order chi connectivity index (χ0) is 24.9. The number of nitrogens with one attached hydrogen (secondary N) is 2. The van der Waals surface area contributed by atoms with Gasteiger partial charge in [0.15, 0.2) is 6.61 Å². The second kappa shape index (κ2) is 10.3. The zero-order valence-electron chi connectivity index (χ0n) is 18.0. The second-order valence-electron chi connectivity index (χ2n) is 7.32. The molecule has 0 atom stereocenters. The third kappa shape index (κ3) is 5.61. The van der Waals surface area contributed by atoms with Gasteiger partial charge in [0.05, 0.1) is 5.69 Å². The van der Waals surface area contributed by atoms with Crippen LogP contribution < -0.4 is 20.3 Å². The highest BCUT2D eigenvalue weighted by atomic mass is 79.9. The van der Waals surface area contributed by atoms with Gasteiger partial charge in [-0.05, 0) is 60.7 Å². The maximum absolute atomic E-state index is 13.1. The van der Waals surface area contributed by atoms with Crippen molar-refractivity contribution in [3.63, 3.8) is 0 Å². The first-order chi connectivity index (χ1) is 16.8. The van der Waals surface area contributed by atoms with Crippen molar-refractivity contribution in [3.05, 3.63) is 94.2 Å². The van der Waals surface area contributed by atoms with Crippen LogP contribution in [0.1, 0.15) is 5.56 Å². The monoisotopic (exact) mass is 537 g/mol. The minimum Gasteiger partial charge on any atom is -0.483 e. The van der Waals surface area contributed by atoms with Crippen LogP contribution in [0.4, 0.5) is 20.6 Å². The van der Waals surface area contributed by atoms with Gasteiger partial charge in [-0.25, -0.2) is 14.1 Å². The summed E-state index contributed by atoms with van der Waals surface area (Å²) in [6, 6.07) is 17.3. The average molecular weight is 538 g/mol. The third-order valence-corrected chi connectivity index (χ3v) is 5.42. The molecule has 10 heteroatoms. The highest BCUT2D eigenvalue weighted by Gasteiger charge is 2.36. The normalized spacial score (nSPS) is 14.6. The summed E-state index contributed by atoms with van der Waals surface area (Å²) in [5.74, 6) is -2.33. The zero-order valence-corrected chi connectivity index (χ0v) is 19.5. The van der Waals surface area contributed by atoms with E-state index in [0.29, 0.717) is 11.3 Å². The summed E-state index contributed by atoms with van der Waals surface area (Å²) in [7, 11) is 0. The lowest BCUT2D eigenvalue weighted by atomic mass is 10.1. The smallest absolute Gasteiger partial charge is 0.335 e. The van der Waals surface area contributed by atoms with Gasteiger partial charge in [-0.2, -0.15) is 0 Å². The van der Waals surface area contributed by atoms with E-state index in [0.717, 1.165) is 9.37 Å². The van der Waals surface area contributed by atoms with E-state index in [2.05, 4.69) is 26.6 Å². The highest BCUT2D eigenvalue weighted by molar-refractivity contribution is 9.10. The first-order valence-electron chi connectivity index (χ1n) is 10.3. The molecule has 1 aliphatic heterocycles. The van der Waals surface area contributed by atoms with Crippen molar-refractivity contribution in [1.82, 2.24) is 5.32 Å². The van der Waals surface area contributed by atoms with E-state index in [9.17, 15) is 23.6 Å². The summed E-state index contributed by atoms with van der Waals surface area (Å²) in [6.07, 6.45) is 1.29. The Hall–Kier alpha value is -4.31. The van der Waals surface area contributed by atoms with Crippen LogP contribution in [0.25, 0.3) is 6.08 Å². The van der Waals surface area contributed by atoms with Gasteiger partial charge >= 0.3 is 6.03 Å². The molecule has 0 aromatic heterocycles. The number of benzene rings is 3. The van der Waals surface area contributed by atoms with Crippen molar-refractivity contribution in [2.45, 2.75) is 0 Å². The van der Waals surface area contributed by atoms with Crippen molar-refractivity contribution in [2.24, 2.45) is 0 Å². The molecule has 0 aliphatic carbocycles. The molecule has 1 fully saturated rings.